The summed E-state index contributed by atoms with van der Waals surface area (Å²) in [6.45, 7) is 3.26. The SMILES string of the molecule is CCNC(c1cccc2ncccc12)C1CC2CCC1C2. The van der Waals surface area contributed by atoms with Gasteiger partial charge in [0, 0.05) is 17.6 Å². The van der Waals surface area contributed by atoms with Crippen molar-refractivity contribution >= 4 is 10.9 Å². The Morgan fingerprint density at radius 1 is 1.19 bits per heavy atom. The van der Waals surface area contributed by atoms with Crippen molar-refractivity contribution < 1.29 is 0 Å². The van der Waals surface area contributed by atoms with Gasteiger partial charge in [0.15, 0.2) is 0 Å². The third-order valence-corrected chi connectivity index (χ3v) is 5.66. The van der Waals surface area contributed by atoms with Crippen LogP contribution in [-0.4, -0.2) is 11.5 Å². The molecule has 110 valence electrons. The Balaban J connectivity index is 1.76. The smallest absolute Gasteiger partial charge is 0.0705 e. The molecule has 0 radical (unpaired) electrons. The highest BCUT2D eigenvalue weighted by Gasteiger charge is 2.43. The minimum Gasteiger partial charge on any atom is -0.310 e. The fourth-order valence-electron chi connectivity index (χ4n) is 4.81. The Labute approximate surface area is 127 Å². The molecule has 2 nitrogen and oxygen atoms in total. The second-order valence-electron chi connectivity index (χ2n) is 6.79. The van der Waals surface area contributed by atoms with Gasteiger partial charge < -0.3 is 5.32 Å². The summed E-state index contributed by atoms with van der Waals surface area (Å²) >= 11 is 0. The Bertz CT molecular complexity index is 631. The van der Waals surface area contributed by atoms with Gasteiger partial charge in [0.05, 0.1) is 5.52 Å². The van der Waals surface area contributed by atoms with Gasteiger partial charge in [0.2, 0.25) is 0 Å². The summed E-state index contributed by atoms with van der Waals surface area (Å²) in [5.41, 5.74) is 2.58. The lowest BCUT2D eigenvalue weighted by molar-refractivity contribution is 0.254. The number of aromatic nitrogens is 1. The van der Waals surface area contributed by atoms with Crippen LogP contribution in [-0.2, 0) is 0 Å². The van der Waals surface area contributed by atoms with E-state index in [-0.39, 0.29) is 0 Å². The average molecular weight is 280 g/mol. The molecule has 4 unspecified atom stereocenters. The number of nitrogens with zero attached hydrogens (tertiary/aromatic N) is 1. The first-order chi connectivity index (χ1) is 10.4. The molecule has 0 spiro atoms. The monoisotopic (exact) mass is 280 g/mol. The van der Waals surface area contributed by atoms with Crippen LogP contribution >= 0.6 is 0 Å². The Morgan fingerprint density at radius 3 is 2.90 bits per heavy atom. The maximum absolute atomic E-state index is 4.53. The molecular formula is C19H24N2. The minimum atomic E-state index is 0.498. The second kappa shape index (κ2) is 5.42. The first-order valence-corrected chi connectivity index (χ1v) is 8.44. The molecule has 1 heterocycles. The molecule has 0 amide bonds. The zero-order chi connectivity index (χ0) is 14.2. The lowest BCUT2D eigenvalue weighted by atomic mass is 9.79. The maximum atomic E-state index is 4.53. The van der Waals surface area contributed by atoms with Crippen molar-refractivity contribution in [2.24, 2.45) is 17.8 Å². The largest absolute Gasteiger partial charge is 0.310 e. The van der Waals surface area contributed by atoms with E-state index >= 15 is 0 Å². The summed E-state index contributed by atoms with van der Waals surface area (Å²) in [6, 6.07) is 11.4. The van der Waals surface area contributed by atoms with Crippen LogP contribution in [0, 0.1) is 17.8 Å². The third kappa shape index (κ3) is 2.26. The molecule has 1 N–H and O–H groups in total. The molecule has 2 aromatic rings. The molecule has 2 aliphatic rings. The number of hydrogen-bond donors (Lipinski definition) is 1. The van der Waals surface area contributed by atoms with Crippen LogP contribution in [0.2, 0.25) is 0 Å². The summed E-state index contributed by atoms with van der Waals surface area (Å²) in [4.78, 5) is 4.53. The van der Waals surface area contributed by atoms with Crippen molar-refractivity contribution in [3.05, 3.63) is 42.1 Å². The summed E-state index contributed by atoms with van der Waals surface area (Å²) in [5, 5.41) is 5.12. The van der Waals surface area contributed by atoms with Gasteiger partial charge in [-0.05, 0) is 61.3 Å². The maximum Gasteiger partial charge on any atom is 0.0705 e. The number of pyridine rings is 1. The molecule has 2 aliphatic carbocycles. The van der Waals surface area contributed by atoms with Gasteiger partial charge in [-0.3, -0.25) is 4.98 Å². The molecule has 2 bridgehead atoms. The van der Waals surface area contributed by atoms with Gasteiger partial charge >= 0.3 is 0 Å². The quantitative estimate of drug-likeness (QED) is 0.902. The molecule has 0 saturated heterocycles. The van der Waals surface area contributed by atoms with Crippen LogP contribution in [0.5, 0.6) is 0 Å². The van der Waals surface area contributed by atoms with Crippen LogP contribution in [0.1, 0.15) is 44.2 Å². The number of hydrogen-bond acceptors (Lipinski definition) is 2. The van der Waals surface area contributed by atoms with E-state index < -0.39 is 0 Å². The highest BCUT2D eigenvalue weighted by atomic mass is 14.9. The lowest BCUT2D eigenvalue weighted by Crippen LogP contribution is -2.31. The number of benzene rings is 1. The van der Waals surface area contributed by atoms with Crippen molar-refractivity contribution in [2.45, 2.75) is 38.6 Å². The first-order valence-electron chi connectivity index (χ1n) is 8.44. The Morgan fingerprint density at radius 2 is 2.14 bits per heavy atom. The minimum absolute atomic E-state index is 0.498. The fourth-order valence-corrected chi connectivity index (χ4v) is 4.81. The van der Waals surface area contributed by atoms with E-state index in [1.165, 1.54) is 36.6 Å². The van der Waals surface area contributed by atoms with E-state index in [1.54, 1.807) is 0 Å². The van der Waals surface area contributed by atoms with Gasteiger partial charge in [0.1, 0.15) is 0 Å². The van der Waals surface area contributed by atoms with Crippen molar-refractivity contribution in [3.63, 3.8) is 0 Å². The molecule has 1 aromatic heterocycles. The van der Waals surface area contributed by atoms with Crippen LogP contribution in [0.15, 0.2) is 36.5 Å². The predicted molar refractivity (Wildman–Crippen MR) is 87.1 cm³/mol. The number of nitrogens with one attached hydrogen (secondary N) is 1. The molecule has 1 aromatic carbocycles. The second-order valence-corrected chi connectivity index (χ2v) is 6.79. The summed E-state index contributed by atoms with van der Waals surface area (Å²) < 4.78 is 0. The Hall–Kier alpha value is -1.41. The van der Waals surface area contributed by atoms with Crippen LogP contribution in [0.25, 0.3) is 10.9 Å². The summed E-state index contributed by atoms with van der Waals surface area (Å²) in [5.74, 6) is 2.75. The standard InChI is InChI=1S/C19H24N2/c1-2-20-19(17-12-13-8-9-14(17)11-13)16-5-3-7-18-15(16)6-4-10-21-18/h3-7,10,13-14,17,19-20H,2,8-9,11-12H2,1H3. The van der Waals surface area contributed by atoms with Crippen LogP contribution in [0.4, 0.5) is 0 Å². The molecule has 4 rings (SSSR count). The molecule has 2 heteroatoms. The van der Waals surface area contributed by atoms with E-state index in [4.69, 9.17) is 0 Å². The van der Waals surface area contributed by atoms with Crippen molar-refractivity contribution in [1.29, 1.82) is 0 Å². The molecule has 2 fully saturated rings. The van der Waals surface area contributed by atoms with Gasteiger partial charge in [-0.2, -0.15) is 0 Å². The zero-order valence-corrected chi connectivity index (χ0v) is 12.8. The molecule has 21 heavy (non-hydrogen) atoms. The molecule has 4 atom stereocenters. The third-order valence-electron chi connectivity index (χ3n) is 5.66. The Kier molecular flexibility index (Phi) is 3.42. The normalized spacial score (nSPS) is 29.1. The van der Waals surface area contributed by atoms with E-state index in [0.29, 0.717) is 6.04 Å². The first kappa shape index (κ1) is 13.3. The zero-order valence-electron chi connectivity index (χ0n) is 12.8. The van der Waals surface area contributed by atoms with E-state index in [2.05, 4.69) is 47.6 Å². The average Bonchev–Trinajstić information content (AvgIpc) is 3.15. The molecule has 0 aliphatic heterocycles. The van der Waals surface area contributed by atoms with Crippen molar-refractivity contribution in [2.75, 3.05) is 6.54 Å². The van der Waals surface area contributed by atoms with Gasteiger partial charge in [-0.1, -0.05) is 31.5 Å². The van der Waals surface area contributed by atoms with Crippen LogP contribution < -0.4 is 5.32 Å². The van der Waals surface area contributed by atoms with Crippen LogP contribution in [0.3, 0.4) is 0 Å². The molecule has 2 saturated carbocycles. The van der Waals surface area contributed by atoms with E-state index in [9.17, 15) is 0 Å². The fraction of sp³-hybridized carbons (Fsp3) is 0.526. The highest BCUT2D eigenvalue weighted by molar-refractivity contribution is 5.82. The highest BCUT2D eigenvalue weighted by Crippen LogP contribution is 2.53. The van der Waals surface area contributed by atoms with Gasteiger partial charge in [-0.15, -0.1) is 0 Å². The summed E-state index contributed by atoms with van der Waals surface area (Å²) in [7, 11) is 0. The van der Waals surface area contributed by atoms with Gasteiger partial charge in [-0.25, -0.2) is 0 Å². The summed E-state index contributed by atoms with van der Waals surface area (Å²) in [6.07, 6.45) is 7.69. The van der Waals surface area contributed by atoms with E-state index in [1.807, 2.05) is 6.20 Å². The van der Waals surface area contributed by atoms with Crippen molar-refractivity contribution in [3.8, 4) is 0 Å². The number of rotatable bonds is 4. The topological polar surface area (TPSA) is 24.9 Å². The lowest BCUT2D eigenvalue weighted by Gasteiger charge is -2.32. The number of fused-ring (bicyclic) bond motifs is 3. The molecular weight excluding hydrogens is 256 g/mol. The predicted octanol–water partition coefficient (Wildman–Crippen LogP) is 4.32. The van der Waals surface area contributed by atoms with E-state index in [0.717, 1.165) is 29.8 Å². The van der Waals surface area contributed by atoms with Crippen molar-refractivity contribution in [1.82, 2.24) is 10.3 Å². The van der Waals surface area contributed by atoms with Gasteiger partial charge in [0.25, 0.3) is 0 Å².